The molecule has 0 aromatic carbocycles. The maximum absolute atomic E-state index is 11.6. The monoisotopic (exact) mass is 284 g/mol. The van der Waals surface area contributed by atoms with E-state index in [-0.39, 0.29) is 11.7 Å². The van der Waals surface area contributed by atoms with E-state index in [2.05, 4.69) is 20.3 Å². The van der Waals surface area contributed by atoms with E-state index < -0.39 is 5.56 Å². The summed E-state index contributed by atoms with van der Waals surface area (Å²) in [5, 5.41) is 2.61. The van der Waals surface area contributed by atoms with Crippen LogP contribution in [0.4, 0.5) is 5.82 Å². The van der Waals surface area contributed by atoms with E-state index in [1.54, 1.807) is 40.8 Å². The molecule has 0 spiro atoms. The second kappa shape index (κ2) is 4.82. The van der Waals surface area contributed by atoms with Crippen molar-refractivity contribution in [2.45, 2.75) is 6.92 Å². The number of pyridine rings is 1. The fourth-order valence-electron chi connectivity index (χ4n) is 2.12. The van der Waals surface area contributed by atoms with Crippen LogP contribution in [0.1, 0.15) is 6.92 Å². The van der Waals surface area contributed by atoms with Crippen LogP contribution in [0.15, 0.2) is 35.4 Å². The van der Waals surface area contributed by atoms with Crippen LogP contribution in [0.3, 0.4) is 0 Å². The minimum absolute atomic E-state index is 0.223. The Balaban J connectivity index is 2.29. The van der Waals surface area contributed by atoms with E-state index in [0.29, 0.717) is 11.6 Å². The number of carbonyl (C=O) groups excluding carboxylic acids is 1. The number of amides is 1. The second-order valence-corrected chi connectivity index (χ2v) is 4.47. The van der Waals surface area contributed by atoms with Gasteiger partial charge >= 0.3 is 0 Å². The molecule has 21 heavy (non-hydrogen) atoms. The summed E-state index contributed by atoms with van der Waals surface area (Å²) in [4.78, 5) is 35.0. The van der Waals surface area contributed by atoms with Gasteiger partial charge in [0, 0.05) is 38.0 Å². The second-order valence-electron chi connectivity index (χ2n) is 4.47. The fraction of sp³-hybridized carbons (Fsp3) is 0.154. The van der Waals surface area contributed by atoms with Gasteiger partial charge in [-0.15, -0.1) is 0 Å². The molecule has 0 fully saturated rings. The Kier molecular flexibility index (Phi) is 2.98. The smallest absolute Gasteiger partial charge is 0.276 e. The number of carbonyl (C=O) groups is 1. The highest BCUT2D eigenvalue weighted by Gasteiger charge is 2.14. The Morgan fingerprint density at radius 3 is 2.62 bits per heavy atom. The molecular weight excluding hydrogens is 272 g/mol. The Hall–Kier alpha value is -3.03. The number of hydrogen-bond acceptors (Lipinski definition) is 5. The molecular formula is C13H12N6O2. The number of nitrogens with one attached hydrogen (secondary N) is 1. The number of anilines is 1. The molecule has 0 bridgehead atoms. The summed E-state index contributed by atoms with van der Waals surface area (Å²) in [7, 11) is 1.77. The number of rotatable bonds is 2. The fourth-order valence-corrected chi connectivity index (χ4v) is 2.12. The minimum atomic E-state index is -0.460. The Labute approximate surface area is 119 Å². The zero-order valence-corrected chi connectivity index (χ0v) is 11.4. The Bertz CT molecular complexity index is 881. The largest absolute Gasteiger partial charge is 0.311 e. The summed E-state index contributed by atoms with van der Waals surface area (Å²) in [6.07, 6.45) is 3.31. The van der Waals surface area contributed by atoms with E-state index >= 15 is 0 Å². The maximum atomic E-state index is 11.6. The number of aryl methyl sites for hydroxylation is 1. The van der Waals surface area contributed by atoms with Crippen molar-refractivity contribution in [2.24, 2.45) is 7.05 Å². The van der Waals surface area contributed by atoms with Crippen molar-refractivity contribution in [3.05, 3.63) is 40.9 Å². The van der Waals surface area contributed by atoms with E-state index in [4.69, 9.17) is 0 Å². The summed E-state index contributed by atoms with van der Waals surface area (Å²) in [6, 6.07) is 4.86. The Morgan fingerprint density at radius 1 is 1.24 bits per heavy atom. The number of aromatic nitrogens is 5. The summed E-state index contributed by atoms with van der Waals surface area (Å²) >= 11 is 0. The molecule has 0 aliphatic rings. The van der Waals surface area contributed by atoms with Crippen molar-refractivity contribution in [2.75, 3.05) is 5.32 Å². The number of hydrogen-bond donors (Lipinski definition) is 1. The van der Waals surface area contributed by atoms with Crippen molar-refractivity contribution >= 4 is 17.5 Å². The van der Waals surface area contributed by atoms with Crippen LogP contribution >= 0.6 is 0 Å². The lowest BCUT2D eigenvalue weighted by atomic mass is 10.2. The molecule has 106 valence electrons. The van der Waals surface area contributed by atoms with Gasteiger partial charge in [0.1, 0.15) is 5.82 Å². The molecule has 0 unspecified atom stereocenters. The van der Waals surface area contributed by atoms with Crippen LogP contribution in [0.2, 0.25) is 0 Å². The van der Waals surface area contributed by atoms with Crippen molar-refractivity contribution in [3.63, 3.8) is 0 Å². The molecule has 0 saturated carbocycles. The topological polar surface area (TPSA) is 94.2 Å². The van der Waals surface area contributed by atoms with Crippen molar-refractivity contribution in [1.82, 2.24) is 24.1 Å². The lowest BCUT2D eigenvalue weighted by Crippen LogP contribution is -2.18. The van der Waals surface area contributed by atoms with Crippen molar-refractivity contribution in [1.29, 1.82) is 0 Å². The summed E-state index contributed by atoms with van der Waals surface area (Å²) in [5.41, 5.74) is 0.373. The normalized spacial score (nSPS) is 10.8. The summed E-state index contributed by atoms with van der Waals surface area (Å²) in [5.74, 6) is 0.886. The lowest BCUT2D eigenvalue weighted by molar-refractivity contribution is -0.114. The van der Waals surface area contributed by atoms with E-state index in [1.165, 1.54) is 13.0 Å². The first kappa shape index (κ1) is 13.0. The molecule has 3 aromatic rings. The summed E-state index contributed by atoms with van der Waals surface area (Å²) in [6.45, 7) is 1.37. The average molecular weight is 284 g/mol. The van der Waals surface area contributed by atoms with Crippen LogP contribution in [0, 0.1) is 0 Å². The van der Waals surface area contributed by atoms with Crippen LogP contribution in [0.5, 0.6) is 0 Å². The molecule has 1 amide bonds. The Morgan fingerprint density at radius 2 is 1.95 bits per heavy atom. The molecule has 0 saturated heterocycles. The van der Waals surface area contributed by atoms with Crippen LogP contribution < -0.4 is 10.9 Å². The van der Waals surface area contributed by atoms with Gasteiger partial charge in [0.15, 0.2) is 5.82 Å². The third-order valence-electron chi connectivity index (χ3n) is 2.94. The minimum Gasteiger partial charge on any atom is -0.311 e. The number of fused-ring (bicyclic) bond motifs is 1. The quantitative estimate of drug-likeness (QED) is 0.737. The van der Waals surface area contributed by atoms with E-state index in [9.17, 15) is 9.59 Å². The number of nitrogens with zero attached hydrogens (tertiary/aromatic N) is 5. The standard InChI is InChI=1S/C13H12N6O2/c1-8(20)15-10-7-11(21)16-13-17-12(18(2)19(10)13)9-3-5-14-6-4-9/h3-7H,1-2H3,(H,15,20). The molecule has 3 aromatic heterocycles. The van der Waals surface area contributed by atoms with E-state index in [1.807, 2.05) is 0 Å². The highest BCUT2D eigenvalue weighted by atomic mass is 16.1. The lowest BCUT2D eigenvalue weighted by Gasteiger charge is -2.08. The van der Waals surface area contributed by atoms with Crippen LogP contribution in [-0.4, -0.2) is 30.1 Å². The molecule has 3 rings (SSSR count). The molecule has 3 heterocycles. The van der Waals surface area contributed by atoms with Gasteiger partial charge in [0.25, 0.3) is 11.3 Å². The zero-order chi connectivity index (χ0) is 15.0. The van der Waals surface area contributed by atoms with Gasteiger partial charge in [-0.2, -0.15) is 9.97 Å². The predicted molar refractivity (Wildman–Crippen MR) is 75.8 cm³/mol. The molecule has 0 aliphatic heterocycles. The van der Waals surface area contributed by atoms with Gasteiger partial charge in [-0.05, 0) is 12.1 Å². The van der Waals surface area contributed by atoms with Crippen molar-refractivity contribution < 1.29 is 4.79 Å². The molecule has 0 aliphatic carbocycles. The first-order valence-corrected chi connectivity index (χ1v) is 6.21. The molecule has 1 N–H and O–H groups in total. The maximum Gasteiger partial charge on any atom is 0.276 e. The van der Waals surface area contributed by atoms with Gasteiger partial charge in [-0.25, -0.2) is 4.52 Å². The van der Waals surface area contributed by atoms with Crippen LogP contribution in [0.25, 0.3) is 17.2 Å². The third kappa shape index (κ3) is 2.27. The highest BCUT2D eigenvalue weighted by molar-refractivity contribution is 5.87. The van der Waals surface area contributed by atoms with Gasteiger partial charge < -0.3 is 5.32 Å². The SMILES string of the molecule is CC(=O)Nc1cc(=O)nc2nc(-c3ccncc3)n(C)n12. The predicted octanol–water partition coefficient (Wildman–Crippen LogP) is 0.448. The summed E-state index contributed by atoms with van der Waals surface area (Å²) < 4.78 is 3.28. The molecule has 8 heteroatoms. The van der Waals surface area contributed by atoms with Gasteiger partial charge in [0.05, 0.1) is 0 Å². The van der Waals surface area contributed by atoms with Gasteiger partial charge in [-0.3, -0.25) is 19.3 Å². The van der Waals surface area contributed by atoms with Crippen LogP contribution in [-0.2, 0) is 11.8 Å². The van der Waals surface area contributed by atoms with Gasteiger partial charge in [-0.1, -0.05) is 0 Å². The molecule has 0 atom stereocenters. The first-order valence-electron chi connectivity index (χ1n) is 6.21. The average Bonchev–Trinajstić information content (AvgIpc) is 2.76. The third-order valence-corrected chi connectivity index (χ3v) is 2.94. The zero-order valence-electron chi connectivity index (χ0n) is 11.4. The molecule has 0 radical (unpaired) electrons. The first-order chi connectivity index (χ1) is 10.1. The highest BCUT2D eigenvalue weighted by Crippen LogP contribution is 2.18. The molecule has 8 nitrogen and oxygen atoms in total. The van der Waals surface area contributed by atoms with Gasteiger partial charge in [0.2, 0.25) is 5.91 Å². The van der Waals surface area contributed by atoms with E-state index in [0.717, 1.165) is 5.56 Å². The van der Waals surface area contributed by atoms with Crippen molar-refractivity contribution in [3.8, 4) is 11.4 Å².